The first-order valence-corrected chi connectivity index (χ1v) is 7.87. The highest BCUT2D eigenvalue weighted by Crippen LogP contribution is 2.21. The number of carbonyl (C=O) groups is 2. The first-order chi connectivity index (χ1) is 11.5. The molecule has 2 heterocycles. The number of aryl methyl sites for hydroxylation is 1. The number of carbonyl (C=O) groups excluding carboxylic acids is 1. The summed E-state index contributed by atoms with van der Waals surface area (Å²) in [5.41, 5.74) is 1.91. The lowest BCUT2D eigenvalue weighted by molar-refractivity contribution is -0.137. The fraction of sp³-hybridized carbons (Fsp3) is 0.353. The van der Waals surface area contributed by atoms with Crippen molar-refractivity contribution in [1.82, 2.24) is 15.1 Å². The van der Waals surface area contributed by atoms with Crippen molar-refractivity contribution in [2.24, 2.45) is 0 Å². The smallest absolute Gasteiger partial charge is 0.305 e. The molecule has 1 aliphatic rings. The van der Waals surface area contributed by atoms with Gasteiger partial charge in [0.15, 0.2) is 0 Å². The molecule has 0 bridgehead atoms. The Balaban J connectivity index is 1.81. The minimum absolute atomic E-state index is 0.277. The number of aromatic nitrogens is 2. The molecule has 0 saturated heterocycles. The van der Waals surface area contributed by atoms with Crippen LogP contribution >= 0.6 is 0 Å². The Labute approximate surface area is 138 Å². The lowest BCUT2D eigenvalue weighted by Crippen LogP contribution is -2.31. The summed E-state index contributed by atoms with van der Waals surface area (Å²) in [4.78, 5) is 23.7. The quantitative estimate of drug-likeness (QED) is 0.880. The van der Waals surface area contributed by atoms with Gasteiger partial charge in [-0.25, -0.2) is 4.39 Å². The summed E-state index contributed by atoms with van der Waals surface area (Å²) >= 11 is 0. The number of hydrogen-bond acceptors (Lipinski definition) is 3. The standard InChI is InChI=1S/C17H18FN3O3/c18-12-6-4-11(5-7-12)14(9-16(22)23)20-17(24)13-10-19-21-8-2-1-3-15(13)21/h4-7,10,14H,1-3,8-9H2,(H,20,24)(H,22,23). The maximum Gasteiger partial charge on any atom is 0.305 e. The molecule has 0 aliphatic carbocycles. The van der Waals surface area contributed by atoms with Crippen molar-refractivity contribution in [2.45, 2.75) is 38.3 Å². The Morgan fingerprint density at radius 2 is 2.04 bits per heavy atom. The van der Waals surface area contributed by atoms with Crippen LogP contribution in [0, 0.1) is 5.82 Å². The number of fused-ring (bicyclic) bond motifs is 1. The minimum atomic E-state index is -1.04. The van der Waals surface area contributed by atoms with E-state index in [1.54, 1.807) is 0 Å². The molecule has 2 aromatic rings. The molecular weight excluding hydrogens is 313 g/mol. The van der Waals surface area contributed by atoms with Crippen LogP contribution in [0.5, 0.6) is 0 Å². The van der Waals surface area contributed by atoms with E-state index in [0.29, 0.717) is 11.1 Å². The number of hydrogen-bond donors (Lipinski definition) is 2. The van der Waals surface area contributed by atoms with Gasteiger partial charge in [0.1, 0.15) is 5.82 Å². The molecule has 0 saturated carbocycles. The Hall–Kier alpha value is -2.70. The van der Waals surface area contributed by atoms with Crippen molar-refractivity contribution in [3.05, 3.63) is 53.1 Å². The van der Waals surface area contributed by atoms with Gasteiger partial charge in [-0.05, 0) is 37.0 Å². The number of halogens is 1. The minimum Gasteiger partial charge on any atom is -0.481 e. The van der Waals surface area contributed by atoms with Crippen molar-refractivity contribution in [1.29, 1.82) is 0 Å². The Morgan fingerprint density at radius 3 is 2.75 bits per heavy atom. The molecular formula is C17H18FN3O3. The van der Waals surface area contributed by atoms with E-state index in [1.165, 1.54) is 30.5 Å². The summed E-state index contributed by atoms with van der Waals surface area (Å²) in [6.45, 7) is 0.791. The third-order valence-electron chi connectivity index (χ3n) is 4.18. The molecule has 1 aromatic heterocycles. The summed E-state index contributed by atoms with van der Waals surface area (Å²) in [7, 11) is 0. The Kier molecular flexibility index (Phi) is 4.59. The van der Waals surface area contributed by atoms with Gasteiger partial charge in [-0.1, -0.05) is 12.1 Å². The van der Waals surface area contributed by atoms with Gasteiger partial charge in [-0.2, -0.15) is 5.10 Å². The third kappa shape index (κ3) is 3.45. The zero-order valence-corrected chi connectivity index (χ0v) is 13.0. The van der Waals surface area contributed by atoms with Crippen molar-refractivity contribution < 1.29 is 19.1 Å². The fourth-order valence-corrected chi connectivity index (χ4v) is 2.97. The van der Waals surface area contributed by atoms with Crippen molar-refractivity contribution in [3.63, 3.8) is 0 Å². The number of nitrogens with one attached hydrogen (secondary N) is 1. The molecule has 1 unspecified atom stereocenters. The van der Waals surface area contributed by atoms with Crippen LogP contribution < -0.4 is 5.32 Å². The van der Waals surface area contributed by atoms with E-state index in [9.17, 15) is 14.0 Å². The highest BCUT2D eigenvalue weighted by molar-refractivity contribution is 5.95. The van der Waals surface area contributed by atoms with Crippen LogP contribution in [-0.4, -0.2) is 26.8 Å². The SMILES string of the molecule is O=C(O)CC(NC(=O)c1cnn2c1CCCC2)c1ccc(F)cc1. The van der Waals surface area contributed by atoms with Crippen molar-refractivity contribution in [3.8, 4) is 0 Å². The van der Waals surface area contributed by atoms with Crippen LogP contribution in [0.1, 0.15) is 46.9 Å². The fourth-order valence-electron chi connectivity index (χ4n) is 2.97. The van der Waals surface area contributed by atoms with Gasteiger partial charge in [0.25, 0.3) is 5.91 Å². The largest absolute Gasteiger partial charge is 0.481 e. The number of benzene rings is 1. The van der Waals surface area contributed by atoms with Crippen LogP contribution in [0.2, 0.25) is 0 Å². The van der Waals surface area contributed by atoms with Crippen LogP contribution in [0.4, 0.5) is 4.39 Å². The number of carboxylic acids is 1. The number of aliphatic carboxylic acids is 1. The van der Waals surface area contributed by atoms with E-state index in [2.05, 4.69) is 10.4 Å². The predicted molar refractivity (Wildman–Crippen MR) is 84.0 cm³/mol. The molecule has 1 aromatic carbocycles. The zero-order chi connectivity index (χ0) is 17.1. The van der Waals surface area contributed by atoms with Gasteiger partial charge in [-0.15, -0.1) is 0 Å². The van der Waals surface area contributed by atoms with Crippen LogP contribution in [-0.2, 0) is 17.8 Å². The van der Waals surface area contributed by atoms with E-state index in [1.807, 2.05) is 4.68 Å². The molecule has 126 valence electrons. The average Bonchev–Trinajstić information content (AvgIpc) is 2.98. The second kappa shape index (κ2) is 6.82. The maximum absolute atomic E-state index is 13.1. The summed E-state index contributed by atoms with van der Waals surface area (Å²) in [5, 5.41) is 16.1. The zero-order valence-electron chi connectivity index (χ0n) is 13.0. The molecule has 24 heavy (non-hydrogen) atoms. The van der Waals surface area contributed by atoms with Gasteiger partial charge in [0.05, 0.1) is 29.9 Å². The first-order valence-electron chi connectivity index (χ1n) is 7.87. The van der Waals surface area contributed by atoms with Crippen molar-refractivity contribution in [2.75, 3.05) is 0 Å². The summed E-state index contributed by atoms with van der Waals surface area (Å²) in [5.74, 6) is -1.81. The summed E-state index contributed by atoms with van der Waals surface area (Å²) in [6, 6.07) is 4.73. The average molecular weight is 331 g/mol. The van der Waals surface area contributed by atoms with Gasteiger partial charge in [0.2, 0.25) is 0 Å². The third-order valence-corrected chi connectivity index (χ3v) is 4.18. The predicted octanol–water partition coefficient (Wildman–Crippen LogP) is 2.30. The molecule has 6 nitrogen and oxygen atoms in total. The molecule has 1 atom stereocenters. The number of carboxylic acid groups (broad SMARTS) is 1. The van der Waals surface area contributed by atoms with E-state index in [-0.39, 0.29) is 12.3 Å². The molecule has 0 radical (unpaired) electrons. The van der Waals surface area contributed by atoms with Crippen LogP contribution in [0.25, 0.3) is 0 Å². The van der Waals surface area contributed by atoms with Gasteiger partial charge in [-0.3, -0.25) is 14.3 Å². The first kappa shape index (κ1) is 16.2. The monoisotopic (exact) mass is 331 g/mol. The molecule has 7 heteroatoms. The maximum atomic E-state index is 13.1. The highest BCUT2D eigenvalue weighted by atomic mass is 19.1. The number of amides is 1. The summed E-state index contributed by atoms with van der Waals surface area (Å²) < 4.78 is 14.9. The lowest BCUT2D eigenvalue weighted by Gasteiger charge is -2.19. The molecule has 0 fully saturated rings. The molecule has 2 N–H and O–H groups in total. The number of nitrogens with zero attached hydrogens (tertiary/aromatic N) is 2. The topological polar surface area (TPSA) is 84.2 Å². The van der Waals surface area contributed by atoms with E-state index in [0.717, 1.165) is 31.5 Å². The highest BCUT2D eigenvalue weighted by Gasteiger charge is 2.24. The molecule has 3 rings (SSSR count). The van der Waals surface area contributed by atoms with Gasteiger partial charge in [0, 0.05) is 6.54 Å². The molecule has 1 aliphatic heterocycles. The van der Waals surface area contributed by atoms with E-state index >= 15 is 0 Å². The van der Waals surface area contributed by atoms with Gasteiger partial charge < -0.3 is 10.4 Å². The lowest BCUT2D eigenvalue weighted by atomic mass is 10.0. The number of rotatable bonds is 5. The van der Waals surface area contributed by atoms with Crippen molar-refractivity contribution >= 4 is 11.9 Å². The Morgan fingerprint density at radius 1 is 1.29 bits per heavy atom. The normalized spacial score (nSPS) is 14.7. The van der Waals surface area contributed by atoms with E-state index in [4.69, 9.17) is 5.11 Å². The van der Waals surface area contributed by atoms with Gasteiger partial charge >= 0.3 is 5.97 Å². The second-order valence-corrected chi connectivity index (χ2v) is 5.86. The molecule has 0 spiro atoms. The molecule has 1 amide bonds. The van der Waals surface area contributed by atoms with E-state index < -0.39 is 17.8 Å². The second-order valence-electron chi connectivity index (χ2n) is 5.86. The Bertz CT molecular complexity index is 755. The van der Waals surface area contributed by atoms with Crippen LogP contribution in [0.3, 0.4) is 0 Å². The summed E-state index contributed by atoms with van der Waals surface area (Å²) in [6.07, 6.45) is 4.07. The van der Waals surface area contributed by atoms with Crippen LogP contribution in [0.15, 0.2) is 30.5 Å².